The van der Waals surface area contributed by atoms with Gasteiger partial charge in [-0.1, -0.05) is 42.0 Å². The van der Waals surface area contributed by atoms with Crippen LogP contribution in [-0.4, -0.2) is 49.1 Å². The van der Waals surface area contributed by atoms with Crippen LogP contribution in [0.5, 0.6) is 0 Å². The lowest BCUT2D eigenvalue weighted by atomic mass is 10.1. The lowest BCUT2D eigenvalue weighted by molar-refractivity contribution is 0.270. The summed E-state index contributed by atoms with van der Waals surface area (Å²) in [6.07, 6.45) is 3.71. The maximum Gasteiger partial charge on any atom is 0.0261 e. The van der Waals surface area contributed by atoms with E-state index in [0.29, 0.717) is 0 Å². The van der Waals surface area contributed by atoms with Gasteiger partial charge in [-0.2, -0.15) is 0 Å². The molecule has 0 radical (unpaired) electrons. The van der Waals surface area contributed by atoms with Crippen molar-refractivity contribution in [1.82, 2.24) is 9.80 Å². The highest BCUT2D eigenvalue weighted by molar-refractivity contribution is 5.52. The maximum absolute atomic E-state index is 2.62. The first-order valence-electron chi connectivity index (χ1n) is 7.37. The molecule has 2 saturated heterocycles. The molecule has 0 saturated carbocycles. The Kier molecular flexibility index (Phi) is 3.72. The topological polar surface area (TPSA) is 6.48 Å². The van der Waals surface area contributed by atoms with Crippen molar-refractivity contribution in [3.8, 4) is 0 Å². The zero-order chi connectivity index (χ0) is 13.2. The van der Waals surface area contributed by atoms with Gasteiger partial charge in [-0.25, -0.2) is 0 Å². The molecule has 1 aromatic rings. The molecule has 0 amide bonds. The van der Waals surface area contributed by atoms with E-state index in [4.69, 9.17) is 0 Å². The van der Waals surface area contributed by atoms with Gasteiger partial charge in [0.25, 0.3) is 0 Å². The van der Waals surface area contributed by atoms with Crippen molar-refractivity contribution in [3.63, 3.8) is 0 Å². The first kappa shape index (κ1) is 12.9. The standard InChI is InChI=1S/C17H24N2/c1-14(10-15-6-4-3-5-7-15)11-19-12-16-8-9-18(2)17(16)13-19/h3-7,10,16-17H,8-9,11-13H2,1-2H3/b14-10+/t16-,17+/m1/s1. The Hall–Kier alpha value is -1.12. The summed E-state index contributed by atoms with van der Waals surface area (Å²) in [7, 11) is 2.28. The lowest BCUT2D eigenvalue weighted by Crippen LogP contribution is -2.32. The Morgan fingerprint density at radius 1 is 1.26 bits per heavy atom. The van der Waals surface area contributed by atoms with E-state index in [1.54, 1.807) is 0 Å². The van der Waals surface area contributed by atoms with Crippen LogP contribution in [0, 0.1) is 5.92 Å². The summed E-state index contributed by atoms with van der Waals surface area (Å²) in [6, 6.07) is 11.4. The van der Waals surface area contributed by atoms with Crippen molar-refractivity contribution >= 4 is 6.08 Å². The second-order valence-corrected chi connectivity index (χ2v) is 6.19. The van der Waals surface area contributed by atoms with Crippen LogP contribution in [0.3, 0.4) is 0 Å². The number of nitrogens with zero attached hydrogens (tertiary/aromatic N) is 2. The van der Waals surface area contributed by atoms with E-state index in [1.807, 2.05) is 0 Å². The Labute approximate surface area is 116 Å². The van der Waals surface area contributed by atoms with Gasteiger partial charge in [0.2, 0.25) is 0 Å². The van der Waals surface area contributed by atoms with Crippen molar-refractivity contribution in [1.29, 1.82) is 0 Å². The summed E-state index contributed by atoms with van der Waals surface area (Å²) in [6.45, 7) is 7.21. The fourth-order valence-electron chi connectivity index (χ4n) is 3.62. The van der Waals surface area contributed by atoms with Crippen LogP contribution in [0.15, 0.2) is 35.9 Å². The van der Waals surface area contributed by atoms with E-state index >= 15 is 0 Å². The van der Waals surface area contributed by atoms with Crippen LogP contribution in [-0.2, 0) is 0 Å². The highest BCUT2D eigenvalue weighted by Crippen LogP contribution is 2.30. The molecular formula is C17H24N2. The Bertz CT molecular complexity index is 452. The minimum Gasteiger partial charge on any atom is -0.302 e. The first-order chi connectivity index (χ1) is 9.22. The highest BCUT2D eigenvalue weighted by Gasteiger charge is 2.39. The third kappa shape index (κ3) is 2.90. The Morgan fingerprint density at radius 3 is 2.79 bits per heavy atom. The summed E-state index contributed by atoms with van der Waals surface area (Å²) < 4.78 is 0. The molecule has 2 heteroatoms. The fraction of sp³-hybridized carbons (Fsp3) is 0.529. The fourth-order valence-corrected chi connectivity index (χ4v) is 3.62. The number of likely N-dealkylation sites (tertiary alicyclic amines) is 2. The summed E-state index contributed by atoms with van der Waals surface area (Å²) in [4.78, 5) is 5.17. The quantitative estimate of drug-likeness (QED) is 0.820. The number of hydrogen-bond acceptors (Lipinski definition) is 2. The van der Waals surface area contributed by atoms with E-state index < -0.39 is 0 Å². The van der Waals surface area contributed by atoms with Crippen molar-refractivity contribution in [2.75, 3.05) is 33.2 Å². The molecule has 0 N–H and O–H groups in total. The van der Waals surface area contributed by atoms with Crippen molar-refractivity contribution < 1.29 is 0 Å². The van der Waals surface area contributed by atoms with Gasteiger partial charge < -0.3 is 4.90 Å². The molecule has 2 nitrogen and oxygen atoms in total. The van der Waals surface area contributed by atoms with Crippen molar-refractivity contribution in [2.45, 2.75) is 19.4 Å². The monoisotopic (exact) mass is 256 g/mol. The number of likely N-dealkylation sites (N-methyl/N-ethyl adjacent to an activating group) is 1. The van der Waals surface area contributed by atoms with Crippen LogP contribution < -0.4 is 0 Å². The van der Waals surface area contributed by atoms with Gasteiger partial charge in [0.15, 0.2) is 0 Å². The third-order valence-electron chi connectivity index (χ3n) is 4.59. The summed E-state index contributed by atoms with van der Waals surface area (Å²) in [5.74, 6) is 0.912. The maximum atomic E-state index is 2.62. The van der Waals surface area contributed by atoms with Crippen LogP contribution in [0.1, 0.15) is 18.9 Å². The van der Waals surface area contributed by atoms with Gasteiger partial charge in [0.05, 0.1) is 0 Å². The molecule has 102 valence electrons. The van der Waals surface area contributed by atoms with Gasteiger partial charge in [-0.05, 0) is 38.4 Å². The molecule has 0 aliphatic carbocycles. The lowest BCUT2D eigenvalue weighted by Gasteiger charge is -2.20. The molecule has 0 bridgehead atoms. The van der Waals surface area contributed by atoms with Crippen LogP contribution >= 0.6 is 0 Å². The van der Waals surface area contributed by atoms with Crippen LogP contribution in [0.25, 0.3) is 6.08 Å². The number of hydrogen-bond donors (Lipinski definition) is 0. The summed E-state index contributed by atoms with van der Waals surface area (Å²) in [5, 5.41) is 0. The average Bonchev–Trinajstić information content (AvgIpc) is 2.93. The van der Waals surface area contributed by atoms with Crippen molar-refractivity contribution in [3.05, 3.63) is 41.5 Å². The van der Waals surface area contributed by atoms with E-state index in [2.05, 4.69) is 60.2 Å². The van der Waals surface area contributed by atoms with Gasteiger partial charge >= 0.3 is 0 Å². The normalized spacial score (nSPS) is 28.8. The second kappa shape index (κ2) is 5.48. The highest BCUT2D eigenvalue weighted by atomic mass is 15.3. The molecule has 2 aliphatic rings. The zero-order valence-electron chi connectivity index (χ0n) is 12.0. The van der Waals surface area contributed by atoms with Crippen LogP contribution in [0.4, 0.5) is 0 Å². The Balaban J connectivity index is 1.59. The average molecular weight is 256 g/mol. The number of fused-ring (bicyclic) bond motifs is 1. The molecule has 0 aromatic heterocycles. The zero-order valence-corrected chi connectivity index (χ0v) is 12.0. The number of benzene rings is 1. The van der Waals surface area contributed by atoms with Gasteiger partial charge in [-0.3, -0.25) is 4.90 Å². The molecule has 2 heterocycles. The van der Waals surface area contributed by atoms with Gasteiger partial charge in [-0.15, -0.1) is 0 Å². The third-order valence-corrected chi connectivity index (χ3v) is 4.59. The summed E-state index contributed by atoms with van der Waals surface area (Å²) >= 11 is 0. The second-order valence-electron chi connectivity index (χ2n) is 6.19. The molecule has 2 fully saturated rings. The van der Waals surface area contributed by atoms with Gasteiger partial charge in [0, 0.05) is 25.7 Å². The molecular weight excluding hydrogens is 232 g/mol. The first-order valence-corrected chi connectivity index (χ1v) is 7.37. The molecule has 19 heavy (non-hydrogen) atoms. The molecule has 2 atom stereocenters. The number of rotatable bonds is 3. The Morgan fingerprint density at radius 2 is 2.05 bits per heavy atom. The molecule has 0 unspecified atom stereocenters. The van der Waals surface area contributed by atoms with Crippen LogP contribution in [0.2, 0.25) is 0 Å². The molecule has 0 spiro atoms. The van der Waals surface area contributed by atoms with E-state index in [9.17, 15) is 0 Å². The van der Waals surface area contributed by atoms with E-state index in [-0.39, 0.29) is 0 Å². The van der Waals surface area contributed by atoms with Gasteiger partial charge in [0.1, 0.15) is 0 Å². The summed E-state index contributed by atoms with van der Waals surface area (Å²) in [5.41, 5.74) is 2.78. The minimum absolute atomic E-state index is 0.810. The smallest absolute Gasteiger partial charge is 0.0261 e. The SMILES string of the molecule is C/C(=C\c1ccccc1)CN1C[C@H]2CCN(C)[C@H]2C1. The predicted octanol–water partition coefficient (Wildman–Crippen LogP) is 2.73. The minimum atomic E-state index is 0.810. The predicted molar refractivity (Wildman–Crippen MR) is 81.1 cm³/mol. The molecule has 2 aliphatic heterocycles. The van der Waals surface area contributed by atoms with Crippen molar-refractivity contribution in [2.24, 2.45) is 5.92 Å². The molecule has 3 rings (SSSR count). The largest absolute Gasteiger partial charge is 0.302 e. The van der Waals surface area contributed by atoms with E-state index in [1.165, 1.54) is 37.2 Å². The van der Waals surface area contributed by atoms with E-state index in [0.717, 1.165) is 18.5 Å². The molecule has 1 aromatic carbocycles.